The molecule has 0 radical (unpaired) electrons. The minimum atomic E-state index is -2.57. The zero-order valence-electron chi connectivity index (χ0n) is 11.9. The Morgan fingerprint density at radius 1 is 1.15 bits per heavy atom. The van der Waals surface area contributed by atoms with E-state index in [0.717, 1.165) is 12.1 Å². The van der Waals surface area contributed by atoms with Crippen molar-refractivity contribution in [1.29, 1.82) is 0 Å². The van der Waals surface area contributed by atoms with E-state index < -0.39 is 37.0 Å². The Balaban J connectivity index is 2.28. The van der Waals surface area contributed by atoms with Crippen LogP contribution in [0.25, 0.3) is 0 Å². The lowest BCUT2D eigenvalue weighted by molar-refractivity contribution is 0.00578. The van der Waals surface area contributed by atoms with Gasteiger partial charge in [0, 0.05) is 5.69 Å². The average Bonchev–Trinajstić information content (AvgIpc) is 2.46. The number of halogens is 3. The molecule has 110 valence electrons. The molecule has 0 unspecified atom stereocenters. The van der Waals surface area contributed by atoms with Crippen LogP contribution >= 0.6 is 0 Å². The highest BCUT2D eigenvalue weighted by molar-refractivity contribution is 6.61. The van der Waals surface area contributed by atoms with Gasteiger partial charge < -0.3 is 9.31 Å². The van der Waals surface area contributed by atoms with E-state index in [0.29, 0.717) is 0 Å². The molecule has 0 saturated carbocycles. The smallest absolute Gasteiger partial charge is 0.398 e. The third-order valence-corrected chi connectivity index (χ3v) is 3.72. The first-order valence-electron chi connectivity index (χ1n) is 6.41. The first kappa shape index (κ1) is 15.3. The lowest BCUT2D eigenvalue weighted by Crippen LogP contribution is -2.41. The zero-order chi connectivity index (χ0) is 15.1. The van der Waals surface area contributed by atoms with Crippen molar-refractivity contribution >= 4 is 12.7 Å². The van der Waals surface area contributed by atoms with Crippen LogP contribution in [0.4, 0.5) is 13.2 Å². The van der Waals surface area contributed by atoms with Crippen LogP contribution in [0.1, 0.15) is 33.4 Å². The van der Waals surface area contributed by atoms with Gasteiger partial charge in [0.2, 0.25) is 6.43 Å². The van der Waals surface area contributed by atoms with Gasteiger partial charge in [-0.2, -0.15) is 0 Å². The summed E-state index contributed by atoms with van der Waals surface area (Å²) >= 11 is 0. The van der Waals surface area contributed by atoms with Crippen LogP contribution in [-0.2, 0) is 15.7 Å². The van der Waals surface area contributed by atoms with Gasteiger partial charge in [0.1, 0.15) is 5.82 Å². The zero-order valence-corrected chi connectivity index (χ0v) is 11.9. The molecule has 1 aliphatic heterocycles. The Hall–Kier alpha value is -1.08. The van der Waals surface area contributed by atoms with E-state index >= 15 is 0 Å². The molecule has 2 heterocycles. The molecule has 1 fully saturated rings. The van der Waals surface area contributed by atoms with Crippen LogP contribution in [0.2, 0.25) is 0 Å². The van der Waals surface area contributed by atoms with Crippen LogP contribution in [0.3, 0.4) is 0 Å². The highest BCUT2D eigenvalue weighted by Crippen LogP contribution is 2.36. The monoisotopic (exact) mass is 287 g/mol. The topological polar surface area (TPSA) is 31.4 Å². The second kappa shape index (κ2) is 5.04. The summed E-state index contributed by atoms with van der Waals surface area (Å²) in [5.41, 5.74) is -1.01. The number of aromatic nitrogens is 1. The number of hydrogen-bond acceptors (Lipinski definition) is 3. The molecule has 0 N–H and O–H groups in total. The van der Waals surface area contributed by atoms with Gasteiger partial charge in [0.25, 0.3) is 0 Å². The van der Waals surface area contributed by atoms with Crippen molar-refractivity contribution in [3.05, 3.63) is 23.6 Å². The number of hydrogen-bond donors (Lipinski definition) is 0. The summed E-state index contributed by atoms with van der Waals surface area (Å²) in [5.74, 6) is -0.625. The summed E-state index contributed by atoms with van der Waals surface area (Å²) in [6, 6.07) is 2.15. The molecule has 0 atom stereocenters. The predicted molar refractivity (Wildman–Crippen MR) is 69.6 cm³/mol. The van der Waals surface area contributed by atoms with Gasteiger partial charge in [0.15, 0.2) is 0 Å². The molecule has 0 bridgehead atoms. The normalized spacial score (nSPS) is 20.7. The van der Waals surface area contributed by atoms with Crippen molar-refractivity contribution in [2.45, 2.75) is 51.7 Å². The molecule has 3 nitrogen and oxygen atoms in total. The molecule has 7 heteroatoms. The van der Waals surface area contributed by atoms with Gasteiger partial charge in [-0.05, 0) is 39.8 Å². The summed E-state index contributed by atoms with van der Waals surface area (Å²) in [4.78, 5) is 4.02. The van der Waals surface area contributed by atoms with Crippen LogP contribution < -0.4 is 5.59 Å². The molecule has 2 rings (SSSR count). The van der Waals surface area contributed by atoms with Crippen LogP contribution in [0.5, 0.6) is 0 Å². The van der Waals surface area contributed by atoms with E-state index in [-0.39, 0.29) is 11.3 Å². The Morgan fingerprint density at radius 2 is 1.70 bits per heavy atom. The third-order valence-electron chi connectivity index (χ3n) is 3.72. The Kier molecular flexibility index (Phi) is 3.86. The maximum absolute atomic E-state index is 13.5. The SMILES string of the molecule is CC1(C)OB(c2cc(F)cc(CC(F)F)n2)OC1(C)C. The van der Waals surface area contributed by atoms with Crippen molar-refractivity contribution in [3.63, 3.8) is 0 Å². The lowest BCUT2D eigenvalue weighted by atomic mass is 9.84. The molecule has 1 aliphatic rings. The predicted octanol–water partition coefficient (Wildman–Crippen LogP) is 2.33. The third kappa shape index (κ3) is 2.98. The fourth-order valence-corrected chi connectivity index (χ4v) is 1.92. The molecule has 0 spiro atoms. The standard InChI is InChI=1S/C13H17BF3NO2/c1-12(2)13(3,4)20-14(19-12)10-6-8(15)5-9(18-10)7-11(16)17/h5-6,11H,7H2,1-4H3. The van der Waals surface area contributed by atoms with Gasteiger partial charge in [-0.3, -0.25) is 4.98 Å². The summed E-state index contributed by atoms with van der Waals surface area (Å²) in [6.45, 7) is 7.41. The Morgan fingerprint density at radius 3 is 2.20 bits per heavy atom. The minimum absolute atomic E-state index is 0.00953. The van der Waals surface area contributed by atoms with E-state index in [4.69, 9.17) is 9.31 Å². The number of rotatable bonds is 3. The molecule has 1 aromatic rings. The van der Waals surface area contributed by atoms with E-state index in [9.17, 15) is 13.2 Å². The summed E-state index contributed by atoms with van der Waals surface area (Å²) in [7, 11) is -0.855. The van der Waals surface area contributed by atoms with Crippen LogP contribution in [0.15, 0.2) is 12.1 Å². The molecule has 0 aliphatic carbocycles. The highest BCUT2D eigenvalue weighted by Gasteiger charge is 2.52. The summed E-state index contributed by atoms with van der Waals surface area (Å²) in [6.07, 6.45) is -3.17. The van der Waals surface area contributed by atoms with Crippen molar-refractivity contribution in [2.75, 3.05) is 0 Å². The van der Waals surface area contributed by atoms with E-state index in [2.05, 4.69) is 4.98 Å². The lowest BCUT2D eigenvalue weighted by Gasteiger charge is -2.32. The maximum atomic E-state index is 13.5. The number of alkyl halides is 2. The van der Waals surface area contributed by atoms with Gasteiger partial charge in [0.05, 0.1) is 23.2 Å². The fraction of sp³-hybridized carbons (Fsp3) is 0.615. The second-order valence-corrected chi connectivity index (χ2v) is 5.89. The first-order chi connectivity index (χ1) is 9.10. The molecule has 20 heavy (non-hydrogen) atoms. The molecular weight excluding hydrogens is 270 g/mol. The molecule has 1 aromatic heterocycles. The van der Waals surface area contributed by atoms with E-state index in [1.54, 1.807) is 0 Å². The van der Waals surface area contributed by atoms with Crippen molar-refractivity contribution in [3.8, 4) is 0 Å². The number of nitrogens with zero attached hydrogens (tertiary/aromatic N) is 1. The molecule has 0 amide bonds. The fourth-order valence-electron chi connectivity index (χ4n) is 1.92. The summed E-state index contributed by atoms with van der Waals surface area (Å²) < 4.78 is 49.7. The molecular formula is C13H17BF3NO2. The highest BCUT2D eigenvalue weighted by atomic mass is 19.3. The number of pyridine rings is 1. The van der Waals surface area contributed by atoms with Crippen LogP contribution in [-0.4, -0.2) is 29.7 Å². The average molecular weight is 287 g/mol. The van der Waals surface area contributed by atoms with Crippen molar-refractivity contribution in [2.24, 2.45) is 0 Å². The van der Waals surface area contributed by atoms with Gasteiger partial charge in [-0.1, -0.05) is 0 Å². The minimum Gasteiger partial charge on any atom is -0.398 e. The van der Waals surface area contributed by atoms with E-state index in [1.807, 2.05) is 27.7 Å². The largest absolute Gasteiger partial charge is 0.514 e. The van der Waals surface area contributed by atoms with Gasteiger partial charge >= 0.3 is 7.12 Å². The quantitative estimate of drug-likeness (QED) is 0.800. The van der Waals surface area contributed by atoms with Crippen molar-refractivity contribution < 1.29 is 22.5 Å². The molecule has 0 aromatic carbocycles. The maximum Gasteiger partial charge on any atom is 0.514 e. The van der Waals surface area contributed by atoms with Crippen molar-refractivity contribution in [1.82, 2.24) is 4.98 Å². The Bertz CT molecular complexity index is 492. The van der Waals surface area contributed by atoms with Gasteiger partial charge in [-0.25, -0.2) is 13.2 Å². The van der Waals surface area contributed by atoms with E-state index in [1.165, 1.54) is 0 Å². The molecule has 1 saturated heterocycles. The van der Waals surface area contributed by atoms with Crippen LogP contribution in [0, 0.1) is 5.82 Å². The first-order valence-corrected chi connectivity index (χ1v) is 6.41. The Labute approximate surface area is 116 Å². The second-order valence-electron chi connectivity index (χ2n) is 5.89. The van der Waals surface area contributed by atoms with Gasteiger partial charge in [-0.15, -0.1) is 0 Å². The summed E-state index contributed by atoms with van der Waals surface area (Å²) in [5, 5.41) is 0.